The van der Waals surface area contributed by atoms with Gasteiger partial charge in [0.25, 0.3) is 5.91 Å². The van der Waals surface area contributed by atoms with E-state index in [4.69, 9.17) is 23.2 Å². The SMILES string of the molecule is CCCCN(CC(=O)N1CC(=O)N(c2cccc(Cl)c2C)C1)C(=O)c1cccc(Cl)c1. The summed E-state index contributed by atoms with van der Waals surface area (Å²) in [5.74, 6) is -0.709. The Hall–Kier alpha value is -2.57. The molecule has 1 fully saturated rings. The Bertz CT molecular complexity index is 996. The average molecular weight is 462 g/mol. The molecule has 1 aliphatic rings. The number of nitrogens with zero attached hydrogens (tertiary/aromatic N) is 3. The number of hydrogen-bond acceptors (Lipinski definition) is 3. The molecule has 0 N–H and O–H groups in total. The Morgan fingerprint density at radius 3 is 2.58 bits per heavy atom. The monoisotopic (exact) mass is 461 g/mol. The predicted molar refractivity (Wildman–Crippen MR) is 123 cm³/mol. The van der Waals surface area contributed by atoms with E-state index in [0.717, 1.165) is 18.4 Å². The fourth-order valence-electron chi connectivity index (χ4n) is 3.48. The van der Waals surface area contributed by atoms with Crippen LogP contribution in [0.2, 0.25) is 10.0 Å². The zero-order chi connectivity index (χ0) is 22.5. The Labute approximate surface area is 192 Å². The standard InChI is InChI=1S/C23H25Cl2N3O3/c1-3-4-11-26(23(31)17-7-5-8-18(24)12-17)13-21(29)27-14-22(30)28(15-27)20-10-6-9-19(25)16(20)2/h5-10,12H,3-4,11,13-15H2,1-2H3. The highest BCUT2D eigenvalue weighted by Gasteiger charge is 2.33. The summed E-state index contributed by atoms with van der Waals surface area (Å²) < 4.78 is 0. The molecule has 0 aromatic heterocycles. The molecule has 0 atom stereocenters. The van der Waals surface area contributed by atoms with E-state index in [1.54, 1.807) is 41.3 Å². The average Bonchev–Trinajstić information content (AvgIpc) is 3.14. The second-order valence-electron chi connectivity index (χ2n) is 7.53. The number of anilines is 1. The summed E-state index contributed by atoms with van der Waals surface area (Å²) in [5.41, 5.74) is 1.91. The van der Waals surface area contributed by atoms with Crippen LogP contribution in [-0.4, -0.2) is 53.8 Å². The summed E-state index contributed by atoms with van der Waals surface area (Å²) in [7, 11) is 0. The summed E-state index contributed by atoms with van der Waals surface area (Å²) in [6.45, 7) is 4.32. The lowest BCUT2D eigenvalue weighted by Crippen LogP contribution is -2.43. The van der Waals surface area contributed by atoms with Crippen LogP contribution in [0.1, 0.15) is 35.7 Å². The van der Waals surface area contributed by atoms with Gasteiger partial charge >= 0.3 is 0 Å². The van der Waals surface area contributed by atoms with Gasteiger partial charge in [0, 0.05) is 27.8 Å². The van der Waals surface area contributed by atoms with Crippen LogP contribution in [0, 0.1) is 6.92 Å². The molecule has 6 nitrogen and oxygen atoms in total. The lowest BCUT2D eigenvalue weighted by molar-refractivity contribution is -0.132. The van der Waals surface area contributed by atoms with Crippen LogP contribution in [0.5, 0.6) is 0 Å². The molecule has 3 rings (SSSR count). The molecule has 2 aromatic rings. The molecular formula is C23H25Cl2N3O3. The molecule has 8 heteroatoms. The van der Waals surface area contributed by atoms with Gasteiger partial charge in [-0.1, -0.05) is 48.7 Å². The minimum absolute atomic E-state index is 0.0300. The second-order valence-corrected chi connectivity index (χ2v) is 8.37. The van der Waals surface area contributed by atoms with Gasteiger partial charge in [0.15, 0.2) is 0 Å². The van der Waals surface area contributed by atoms with Crippen LogP contribution in [0.4, 0.5) is 5.69 Å². The number of rotatable bonds is 7. The van der Waals surface area contributed by atoms with Crippen molar-refractivity contribution in [1.29, 1.82) is 0 Å². The summed E-state index contributed by atoms with van der Waals surface area (Å²) in [6, 6.07) is 12.0. The quantitative estimate of drug-likeness (QED) is 0.614. The van der Waals surface area contributed by atoms with E-state index < -0.39 is 0 Å². The molecule has 0 bridgehead atoms. The molecule has 0 saturated carbocycles. The van der Waals surface area contributed by atoms with Crippen molar-refractivity contribution in [2.45, 2.75) is 26.7 Å². The fourth-order valence-corrected chi connectivity index (χ4v) is 3.84. The van der Waals surface area contributed by atoms with Crippen molar-refractivity contribution < 1.29 is 14.4 Å². The topological polar surface area (TPSA) is 60.9 Å². The van der Waals surface area contributed by atoms with Gasteiger partial charge in [-0.05, 0) is 49.2 Å². The number of unbranched alkanes of at least 4 members (excludes halogenated alkanes) is 1. The molecule has 0 unspecified atom stereocenters. The highest BCUT2D eigenvalue weighted by molar-refractivity contribution is 6.32. The molecule has 3 amide bonds. The van der Waals surface area contributed by atoms with Gasteiger partial charge in [0.05, 0.1) is 0 Å². The van der Waals surface area contributed by atoms with E-state index >= 15 is 0 Å². The Kier molecular flexibility index (Phi) is 7.57. The third-order valence-electron chi connectivity index (χ3n) is 5.29. The molecule has 0 spiro atoms. The van der Waals surface area contributed by atoms with Crippen molar-refractivity contribution in [2.75, 3.05) is 31.2 Å². The maximum atomic E-state index is 13.0. The second kappa shape index (κ2) is 10.2. The smallest absolute Gasteiger partial charge is 0.254 e. The molecule has 1 saturated heterocycles. The molecular weight excluding hydrogens is 437 g/mol. The lowest BCUT2D eigenvalue weighted by atomic mass is 10.2. The Balaban J connectivity index is 1.73. The van der Waals surface area contributed by atoms with Crippen LogP contribution in [0.15, 0.2) is 42.5 Å². The van der Waals surface area contributed by atoms with Crippen LogP contribution in [0.25, 0.3) is 0 Å². The minimum atomic E-state index is -0.276. The van der Waals surface area contributed by atoms with E-state index in [1.165, 1.54) is 9.80 Å². The first-order valence-corrected chi connectivity index (χ1v) is 11.0. The first kappa shape index (κ1) is 23.1. The van der Waals surface area contributed by atoms with Crippen molar-refractivity contribution >= 4 is 46.6 Å². The number of carbonyl (C=O) groups is 3. The molecule has 2 aromatic carbocycles. The van der Waals surface area contributed by atoms with E-state index in [-0.39, 0.29) is 37.5 Å². The van der Waals surface area contributed by atoms with E-state index in [1.807, 2.05) is 19.9 Å². The molecule has 164 valence electrons. The molecule has 1 heterocycles. The number of amides is 3. The predicted octanol–water partition coefficient (Wildman–Crippen LogP) is 4.38. The Morgan fingerprint density at radius 2 is 1.87 bits per heavy atom. The highest BCUT2D eigenvalue weighted by atomic mass is 35.5. The van der Waals surface area contributed by atoms with Crippen LogP contribution < -0.4 is 4.90 Å². The van der Waals surface area contributed by atoms with Gasteiger partial charge in [-0.25, -0.2) is 0 Å². The zero-order valence-electron chi connectivity index (χ0n) is 17.6. The van der Waals surface area contributed by atoms with Crippen molar-refractivity contribution in [2.24, 2.45) is 0 Å². The lowest BCUT2D eigenvalue weighted by Gasteiger charge is -2.25. The first-order valence-electron chi connectivity index (χ1n) is 10.2. The highest BCUT2D eigenvalue weighted by Crippen LogP contribution is 2.28. The van der Waals surface area contributed by atoms with Gasteiger partial charge in [0.1, 0.15) is 19.8 Å². The molecule has 31 heavy (non-hydrogen) atoms. The normalized spacial score (nSPS) is 13.6. The third-order valence-corrected chi connectivity index (χ3v) is 5.93. The van der Waals surface area contributed by atoms with Gasteiger partial charge in [0.2, 0.25) is 11.8 Å². The zero-order valence-corrected chi connectivity index (χ0v) is 19.1. The third kappa shape index (κ3) is 5.38. The van der Waals surface area contributed by atoms with E-state index in [2.05, 4.69) is 0 Å². The van der Waals surface area contributed by atoms with Crippen LogP contribution in [0.3, 0.4) is 0 Å². The summed E-state index contributed by atoms with van der Waals surface area (Å²) in [5, 5.41) is 1.03. The van der Waals surface area contributed by atoms with Crippen LogP contribution >= 0.6 is 23.2 Å². The largest absolute Gasteiger partial charge is 0.329 e. The van der Waals surface area contributed by atoms with Crippen molar-refractivity contribution in [3.8, 4) is 0 Å². The van der Waals surface area contributed by atoms with Gasteiger partial charge in [-0.3, -0.25) is 19.3 Å². The summed E-state index contributed by atoms with van der Waals surface area (Å²) >= 11 is 12.2. The number of hydrogen-bond donors (Lipinski definition) is 0. The first-order chi connectivity index (χ1) is 14.8. The van der Waals surface area contributed by atoms with E-state index in [9.17, 15) is 14.4 Å². The molecule has 1 aliphatic heterocycles. The van der Waals surface area contributed by atoms with E-state index in [0.29, 0.717) is 27.8 Å². The number of benzene rings is 2. The maximum Gasteiger partial charge on any atom is 0.254 e. The van der Waals surface area contributed by atoms with Gasteiger partial charge in [-0.2, -0.15) is 0 Å². The van der Waals surface area contributed by atoms with Gasteiger partial charge in [-0.15, -0.1) is 0 Å². The fraction of sp³-hybridized carbons (Fsp3) is 0.348. The van der Waals surface area contributed by atoms with Crippen molar-refractivity contribution in [3.63, 3.8) is 0 Å². The number of carbonyl (C=O) groups excluding carboxylic acids is 3. The van der Waals surface area contributed by atoms with Crippen molar-refractivity contribution in [3.05, 3.63) is 63.6 Å². The molecule has 0 aliphatic carbocycles. The van der Waals surface area contributed by atoms with Gasteiger partial charge < -0.3 is 9.80 Å². The van der Waals surface area contributed by atoms with Crippen LogP contribution in [-0.2, 0) is 9.59 Å². The van der Waals surface area contributed by atoms with Crippen molar-refractivity contribution in [1.82, 2.24) is 9.80 Å². The number of halogens is 2. The molecule has 0 radical (unpaired) electrons. The summed E-state index contributed by atoms with van der Waals surface area (Å²) in [4.78, 5) is 43.1. The maximum absolute atomic E-state index is 13.0. The summed E-state index contributed by atoms with van der Waals surface area (Å²) in [6.07, 6.45) is 1.66. The minimum Gasteiger partial charge on any atom is -0.329 e. The Morgan fingerprint density at radius 1 is 1.13 bits per heavy atom.